The Balaban J connectivity index is 2.55. The largest absolute Gasteiger partial charge is 0.494 e. The highest BCUT2D eigenvalue weighted by molar-refractivity contribution is 5.81. The Hall–Kier alpha value is -2.02. The minimum atomic E-state index is -0.635. The molecule has 4 nitrogen and oxygen atoms in total. The SMILES string of the molecule is CCN(CC)C(=O)C(C#N)CCOc1ccc(C(C)(C)C)cc1. The van der Waals surface area contributed by atoms with Crippen LogP contribution in [-0.2, 0) is 10.2 Å². The molecule has 4 heteroatoms. The summed E-state index contributed by atoms with van der Waals surface area (Å²) >= 11 is 0. The standard InChI is InChI=1S/C19H28N2O2/c1-6-21(7-2)18(22)15(14-20)12-13-23-17-10-8-16(9-11-17)19(3,4)5/h8-11,15H,6-7,12-13H2,1-5H3. The van der Waals surface area contributed by atoms with Crippen LogP contribution in [0.1, 0.15) is 46.6 Å². The molecule has 0 spiro atoms. The molecule has 0 N–H and O–H groups in total. The van der Waals surface area contributed by atoms with E-state index in [2.05, 4.69) is 39.0 Å². The summed E-state index contributed by atoms with van der Waals surface area (Å²) in [6, 6.07) is 10.1. The average molecular weight is 316 g/mol. The van der Waals surface area contributed by atoms with E-state index in [9.17, 15) is 10.1 Å². The molecule has 0 radical (unpaired) electrons. The van der Waals surface area contributed by atoms with Crippen molar-refractivity contribution in [1.82, 2.24) is 4.90 Å². The number of hydrogen-bond acceptors (Lipinski definition) is 3. The third-order valence-electron chi connectivity index (χ3n) is 3.92. The molecule has 0 saturated carbocycles. The maximum Gasteiger partial charge on any atom is 0.240 e. The molecule has 0 aliphatic carbocycles. The van der Waals surface area contributed by atoms with E-state index in [1.54, 1.807) is 4.90 Å². The summed E-state index contributed by atoms with van der Waals surface area (Å²) in [4.78, 5) is 13.9. The number of benzene rings is 1. The predicted molar refractivity (Wildman–Crippen MR) is 92.3 cm³/mol. The Morgan fingerprint density at radius 3 is 2.22 bits per heavy atom. The Morgan fingerprint density at radius 2 is 1.78 bits per heavy atom. The fourth-order valence-corrected chi connectivity index (χ4v) is 2.34. The monoisotopic (exact) mass is 316 g/mol. The van der Waals surface area contributed by atoms with E-state index in [0.717, 1.165) is 5.75 Å². The third-order valence-corrected chi connectivity index (χ3v) is 3.92. The van der Waals surface area contributed by atoms with Gasteiger partial charge in [-0.05, 0) is 37.0 Å². The van der Waals surface area contributed by atoms with E-state index in [1.165, 1.54) is 5.56 Å². The summed E-state index contributed by atoms with van der Waals surface area (Å²) in [5.41, 5.74) is 1.36. The van der Waals surface area contributed by atoms with Crippen molar-refractivity contribution in [3.63, 3.8) is 0 Å². The van der Waals surface area contributed by atoms with Crippen LogP contribution in [-0.4, -0.2) is 30.5 Å². The Kier molecular flexibility index (Phi) is 7.09. The van der Waals surface area contributed by atoms with Crippen LogP contribution in [0.25, 0.3) is 0 Å². The van der Waals surface area contributed by atoms with Gasteiger partial charge in [-0.2, -0.15) is 5.26 Å². The van der Waals surface area contributed by atoms with Crippen molar-refractivity contribution in [2.45, 2.75) is 46.5 Å². The molecule has 1 aromatic rings. The molecule has 0 bridgehead atoms. The van der Waals surface area contributed by atoms with Gasteiger partial charge in [0.25, 0.3) is 0 Å². The number of nitrogens with zero attached hydrogens (tertiary/aromatic N) is 2. The van der Waals surface area contributed by atoms with Gasteiger partial charge in [-0.15, -0.1) is 0 Å². The summed E-state index contributed by atoms with van der Waals surface area (Å²) in [6.07, 6.45) is 0.410. The summed E-state index contributed by atoms with van der Waals surface area (Å²) < 4.78 is 5.68. The molecule has 0 aliphatic rings. The second-order valence-electron chi connectivity index (χ2n) is 6.60. The molecule has 0 saturated heterocycles. The first-order valence-electron chi connectivity index (χ1n) is 8.25. The van der Waals surface area contributed by atoms with Crippen molar-refractivity contribution in [1.29, 1.82) is 5.26 Å². The first-order chi connectivity index (χ1) is 10.8. The lowest BCUT2D eigenvalue weighted by Gasteiger charge is -2.21. The van der Waals surface area contributed by atoms with Crippen molar-refractivity contribution in [2.75, 3.05) is 19.7 Å². The number of carbonyl (C=O) groups excluding carboxylic acids is 1. The minimum Gasteiger partial charge on any atom is -0.494 e. The molecule has 1 aromatic carbocycles. The van der Waals surface area contributed by atoms with Gasteiger partial charge in [0.05, 0.1) is 12.7 Å². The van der Waals surface area contributed by atoms with E-state index in [0.29, 0.717) is 26.1 Å². The third kappa shape index (κ3) is 5.59. The van der Waals surface area contributed by atoms with Crippen LogP contribution in [0, 0.1) is 17.2 Å². The summed E-state index contributed by atoms with van der Waals surface area (Å²) in [5.74, 6) is 0.0258. The molecule has 0 aromatic heterocycles. The number of carbonyl (C=O) groups is 1. The van der Waals surface area contributed by atoms with Gasteiger partial charge in [-0.3, -0.25) is 4.79 Å². The molecule has 126 valence electrons. The van der Waals surface area contributed by atoms with Crippen LogP contribution < -0.4 is 4.74 Å². The lowest BCUT2D eigenvalue weighted by Crippen LogP contribution is -2.36. The van der Waals surface area contributed by atoms with E-state index in [-0.39, 0.29) is 11.3 Å². The maximum atomic E-state index is 12.2. The number of nitriles is 1. The smallest absolute Gasteiger partial charge is 0.240 e. The number of ether oxygens (including phenoxy) is 1. The van der Waals surface area contributed by atoms with Gasteiger partial charge >= 0.3 is 0 Å². The molecule has 1 unspecified atom stereocenters. The van der Waals surface area contributed by atoms with Crippen LogP contribution in [0.2, 0.25) is 0 Å². The van der Waals surface area contributed by atoms with Crippen LogP contribution in [0.15, 0.2) is 24.3 Å². The molecule has 0 aliphatic heterocycles. The van der Waals surface area contributed by atoms with Crippen LogP contribution in [0.4, 0.5) is 0 Å². The van der Waals surface area contributed by atoms with Gasteiger partial charge in [0.2, 0.25) is 5.91 Å². The van der Waals surface area contributed by atoms with Gasteiger partial charge in [0.1, 0.15) is 11.7 Å². The number of hydrogen-bond donors (Lipinski definition) is 0. The van der Waals surface area contributed by atoms with Crippen LogP contribution in [0.3, 0.4) is 0 Å². The van der Waals surface area contributed by atoms with E-state index >= 15 is 0 Å². The van der Waals surface area contributed by atoms with E-state index in [1.807, 2.05) is 26.0 Å². The van der Waals surface area contributed by atoms with Crippen molar-refractivity contribution >= 4 is 5.91 Å². The van der Waals surface area contributed by atoms with Crippen LogP contribution >= 0.6 is 0 Å². The van der Waals surface area contributed by atoms with Crippen LogP contribution in [0.5, 0.6) is 5.75 Å². The van der Waals surface area contributed by atoms with Crippen molar-refractivity contribution in [3.8, 4) is 11.8 Å². The average Bonchev–Trinajstić information content (AvgIpc) is 2.52. The molecule has 23 heavy (non-hydrogen) atoms. The zero-order chi connectivity index (χ0) is 17.5. The molecule has 1 atom stereocenters. The van der Waals surface area contributed by atoms with Crippen molar-refractivity contribution < 1.29 is 9.53 Å². The number of amides is 1. The van der Waals surface area contributed by atoms with Gasteiger partial charge in [0, 0.05) is 19.5 Å². The molecule has 0 fully saturated rings. The molecular weight excluding hydrogens is 288 g/mol. The second kappa shape index (κ2) is 8.57. The lowest BCUT2D eigenvalue weighted by molar-refractivity contribution is -0.133. The molecule has 0 heterocycles. The highest BCUT2D eigenvalue weighted by Gasteiger charge is 2.22. The van der Waals surface area contributed by atoms with Gasteiger partial charge < -0.3 is 9.64 Å². The minimum absolute atomic E-state index is 0.107. The summed E-state index contributed by atoms with van der Waals surface area (Å²) in [5, 5.41) is 9.21. The molecule has 1 rings (SSSR count). The Bertz CT molecular complexity index is 534. The van der Waals surface area contributed by atoms with E-state index in [4.69, 9.17) is 4.74 Å². The quantitative estimate of drug-likeness (QED) is 0.769. The normalized spacial score (nSPS) is 12.3. The Morgan fingerprint density at radius 1 is 1.22 bits per heavy atom. The fraction of sp³-hybridized carbons (Fsp3) is 0.579. The summed E-state index contributed by atoms with van der Waals surface area (Å²) in [6.45, 7) is 12.0. The zero-order valence-electron chi connectivity index (χ0n) is 14.9. The maximum absolute atomic E-state index is 12.2. The highest BCUT2D eigenvalue weighted by Crippen LogP contribution is 2.24. The van der Waals surface area contributed by atoms with Gasteiger partial charge in [-0.25, -0.2) is 0 Å². The highest BCUT2D eigenvalue weighted by atomic mass is 16.5. The van der Waals surface area contributed by atoms with Crippen molar-refractivity contribution in [3.05, 3.63) is 29.8 Å². The topological polar surface area (TPSA) is 53.3 Å². The predicted octanol–water partition coefficient (Wildman–Crippen LogP) is 3.76. The summed E-state index contributed by atoms with van der Waals surface area (Å²) in [7, 11) is 0. The molecular formula is C19H28N2O2. The zero-order valence-corrected chi connectivity index (χ0v) is 14.9. The Labute approximate surface area is 140 Å². The first-order valence-corrected chi connectivity index (χ1v) is 8.25. The van der Waals surface area contributed by atoms with E-state index < -0.39 is 5.92 Å². The van der Waals surface area contributed by atoms with Crippen molar-refractivity contribution in [2.24, 2.45) is 5.92 Å². The number of rotatable bonds is 7. The fourth-order valence-electron chi connectivity index (χ4n) is 2.34. The first kappa shape index (κ1) is 19.0. The van der Waals surface area contributed by atoms with Gasteiger partial charge in [0.15, 0.2) is 0 Å². The van der Waals surface area contributed by atoms with Gasteiger partial charge in [-0.1, -0.05) is 32.9 Å². The molecule has 1 amide bonds. The lowest BCUT2D eigenvalue weighted by atomic mass is 9.87. The second-order valence-corrected chi connectivity index (χ2v) is 6.60.